The summed E-state index contributed by atoms with van der Waals surface area (Å²) in [5.41, 5.74) is 1.65. The Kier molecular flexibility index (Phi) is 5.12. The summed E-state index contributed by atoms with van der Waals surface area (Å²) in [6.45, 7) is 0.230. The Morgan fingerprint density at radius 1 is 1.13 bits per heavy atom. The van der Waals surface area contributed by atoms with Crippen LogP contribution in [-0.2, 0) is 0 Å². The summed E-state index contributed by atoms with van der Waals surface area (Å²) >= 11 is 0. The highest BCUT2D eigenvalue weighted by Crippen LogP contribution is 2.15. The summed E-state index contributed by atoms with van der Waals surface area (Å²) in [5, 5.41) is 0. The highest BCUT2D eigenvalue weighted by atomic mass is 19.4. The Morgan fingerprint density at radius 2 is 1.87 bits per heavy atom. The summed E-state index contributed by atoms with van der Waals surface area (Å²) in [6.07, 6.45) is -2.90. The zero-order chi connectivity index (χ0) is 16.9. The van der Waals surface area contributed by atoms with Crippen molar-refractivity contribution >= 4 is 5.71 Å². The molecule has 2 aromatic rings. The number of halogens is 4. The molecule has 1 heterocycles. The van der Waals surface area contributed by atoms with Gasteiger partial charge in [-0.15, -0.1) is 0 Å². The van der Waals surface area contributed by atoms with Crippen molar-refractivity contribution in [2.24, 2.45) is 4.99 Å². The molecule has 1 aromatic heterocycles. The molecule has 0 fully saturated rings. The summed E-state index contributed by atoms with van der Waals surface area (Å²) in [4.78, 5) is 7.48. The lowest BCUT2D eigenvalue weighted by Gasteiger charge is -2.03. The van der Waals surface area contributed by atoms with Crippen molar-refractivity contribution in [1.29, 1.82) is 0 Å². The number of aromatic nitrogens is 1. The average molecular weight is 320 g/mol. The second kappa shape index (κ2) is 7.05. The number of aliphatic imine (C=N–C) groups is 1. The Hall–Kier alpha value is -2.68. The lowest BCUT2D eigenvalue weighted by molar-refractivity contribution is -0.118. The van der Waals surface area contributed by atoms with E-state index < -0.39 is 12.7 Å². The van der Waals surface area contributed by atoms with Gasteiger partial charge in [-0.3, -0.25) is 9.98 Å². The van der Waals surface area contributed by atoms with Crippen molar-refractivity contribution < 1.29 is 17.6 Å². The van der Waals surface area contributed by atoms with Crippen LogP contribution in [0.15, 0.2) is 47.6 Å². The van der Waals surface area contributed by atoms with Crippen LogP contribution in [0.5, 0.6) is 0 Å². The summed E-state index contributed by atoms with van der Waals surface area (Å²) in [5.74, 6) is 5.22. The van der Waals surface area contributed by atoms with Gasteiger partial charge >= 0.3 is 6.18 Å². The Balaban J connectivity index is 2.11. The molecule has 0 aliphatic carbocycles. The molecular weight excluding hydrogens is 308 g/mol. The number of rotatable bonds is 2. The first kappa shape index (κ1) is 16.7. The van der Waals surface area contributed by atoms with E-state index in [-0.39, 0.29) is 11.5 Å². The van der Waals surface area contributed by atoms with Crippen LogP contribution >= 0.6 is 0 Å². The van der Waals surface area contributed by atoms with E-state index in [0.29, 0.717) is 16.8 Å². The molecular formula is C17H12F4N2. The Morgan fingerprint density at radius 3 is 2.48 bits per heavy atom. The van der Waals surface area contributed by atoms with Crippen LogP contribution in [0, 0.1) is 17.7 Å². The van der Waals surface area contributed by atoms with Gasteiger partial charge in [0.05, 0.1) is 11.4 Å². The van der Waals surface area contributed by atoms with Gasteiger partial charge in [-0.05, 0) is 37.3 Å². The van der Waals surface area contributed by atoms with Gasteiger partial charge < -0.3 is 0 Å². The Labute approximate surface area is 130 Å². The third-order valence-corrected chi connectivity index (χ3v) is 2.81. The van der Waals surface area contributed by atoms with Crippen molar-refractivity contribution in [2.45, 2.75) is 13.1 Å². The molecule has 0 saturated carbocycles. The molecule has 0 N–H and O–H groups in total. The van der Waals surface area contributed by atoms with Crippen LogP contribution in [0.25, 0.3) is 0 Å². The largest absolute Gasteiger partial charge is 0.407 e. The van der Waals surface area contributed by atoms with Gasteiger partial charge in [0.2, 0.25) is 0 Å². The minimum absolute atomic E-state index is 0.201. The van der Waals surface area contributed by atoms with Gasteiger partial charge in [0, 0.05) is 17.3 Å². The predicted octanol–water partition coefficient (Wildman–Crippen LogP) is 3.99. The van der Waals surface area contributed by atoms with E-state index in [0.717, 1.165) is 0 Å². The number of pyridine rings is 1. The van der Waals surface area contributed by atoms with E-state index in [9.17, 15) is 17.6 Å². The van der Waals surface area contributed by atoms with Crippen molar-refractivity contribution in [3.05, 3.63) is 65.2 Å². The van der Waals surface area contributed by atoms with Gasteiger partial charge in [-0.2, -0.15) is 13.2 Å². The average Bonchev–Trinajstić information content (AvgIpc) is 2.50. The lowest BCUT2D eigenvalue weighted by atomic mass is 10.2. The maximum absolute atomic E-state index is 13.0. The van der Waals surface area contributed by atoms with E-state index in [1.807, 2.05) is 0 Å². The van der Waals surface area contributed by atoms with Gasteiger partial charge in [-0.1, -0.05) is 17.9 Å². The van der Waals surface area contributed by atoms with E-state index in [4.69, 9.17) is 0 Å². The van der Waals surface area contributed by atoms with Crippen LogP contribution in [0.1, 0.15) is 23.7 Å². The third-order valence-electron chi connectivity index (χ3n) is 2.81. The fourth-order valence-electron chi connectivity index (χ4n) is 1.68. The quantitative estimate of drug-likeness (QED) is 0.466. The zero-order valence-electron chi connectivity index (χ0n) is 12.2. The maximum atomic E-state index is 13.0. The van der Waals surface area contributed by atoms with E-state index in [1.54, 1.807) is 24.3 Å². The van der Waals surface area contributed by atoms with Crippen LogP contribution in [0.3, 0.4) is 0 Å². The van der Waals surface area contributed by atoms with Crippen LogP contribution in [0.4, 0.5) is 17.6 Å². The highest BCUT2D eigenvalue weighted by Gasteiger charge is 2.26. The van der Waals surface area contributed by atoms with Gasteiger partial charge in [0.15, 0.2) is 0 Å². The zero-order valence-corrected chi connectivity index (χ0v) is 12.2. The second-order valence-electron chi connectivity index (χ2n) is 4.71. The molecule has 0 aliphatic rings. The van der Waals surface area contributed by atoms with Gasteiger partial charge in [0.25, 0.3) is 0 Å². The second-order valence-corrected chi connectivity index (χ2v) is 4.71. The number of hydrogen-bond acceptors (Lipinski definition) is 2. The first-order valence-corrected chi connectivity index (χ1v) is 6.65. The van der Waals surface area contributed by atoms with Gasteiger partial charge in [0.1, 0.15) is 12.4 Å². The summed E-state index contributed by atoms with van der Waals surface area (Å²) in [7, 11) is 0. The molecule has 1 aromatic carbocycles. The standard InChI is InChI=1S/C17H12F4N2/c1-12(23-11-17(19,20)21)16-8-7-14(10-22-16)6-5-13-3-2-4-15(18)9-13/h2-4,7-10H,11H2,1H3. The molecule has 0 radical (unpaired) electrons. The van der Waals surface area contributed by atoms with Crippen molar-refractivity contribution in [3.63, 3.8) is 0 Å². The molecule has 0 atom stereocenters. The topological polar surface area (TPSA) is 25.2 Å². The number of alkyl halides is 3. The normalized spacial score (nSPS) is 11.8. The van der Waals surface area contributed by atoms with Crippen LogP contribution in [0.2, 0.25) is 0 Å². The van der Waals surface area contributed by atoms with Gasteiger partial charge in [-0.25, -0.2) is 4.39 Å². The van der Waals surface area contributed by atoms with Crippen molar-refractivity contribution in [1.82, 2.24) is 4.98 Å². The first-order valence-electron chi connectivity index (χ1n) is 6.65. The van der Waals surface area contributed by atoms with Crippen molar-refractivity contribution in [2.75, 3.05) is 6.54 Å². The first-order chi connectivity index (χ1) is 10.8. The molecule has 118 valence electrons. The molecule has 2 rings (SSSR count). The minimum atomic E-state index is -4.34. The molecule has 0 aliphatic heterocycles. The fourth-order valence-corrected chi connectivity index (χ4v) is 1.68. The molecule has 0 saturated heterocycles. The highest BCUT2D eigenvalue weighted by molar-refractivity contribution is 5.96. The Bertz CT molecular complexity index is 766. The molecule has 2 nitrogen and oxygen atoms in total. The minimum Gasteiger partial charge on any atom is -0.278 e. The van der Waals surface area contributed by atoms with E-state index >= 15 is 0 Å². The molecule has 6 heteroatoms. The smallest absolute Gasteiger partial charge is 0.278 e. The number of nitrogens with zero attached hydrogens (tertiary/aromatic N) is 2. The SMILES string of the molecule is CC(=NCC(F)(F)F)c1ccc(C#Cc2cccc(F)c2)cn1. The predicted molar refractivity (Wildman–Crippen MR) is 79.8 cm³/mol. The molecule has 0 unspecified atom stereocenters. The number of hydrogen-bond donors (Lipinski definition) is 0. The molecule has 0 spiro atoms. The van der Waals surface area contributed by atoms with E-state index in [2.05, 4.69) is 21.8 Å². The lowest BCUT2D eigenvalue weighted by Crippen LogP contribution is -2.14. The van der Waals surface area contributed by atoms with Crippen molar-refractivity contribution in [3.8, 4) is 11.8 Å². The summed E-state index contributed by atoms with van der Waals surface area (Å²) in [6, 6.07) is 9.03. The third kappa shape index (κ3) is 5.55. The van der Waals surface area contributed by atoms with E-state index in [1.165, 1.54) is 25.3 Å². The molecule has 23 heavy (non-hydrogen) atoms. The van der Waals surface area contributed by atoms with Crippen LogP contribution < -0.4 is 0 Å². The number of benzene rings is 1. The van der Waals surface area contributed by atoms with Crippen LogP contribution in [-0.4, -0.2) is 23.4 Å². The maximum Gasteiger partial charge on any atom is 0.407 e. The molecule has 0 bridgehead atoms. The fraction of sp³-hybridized carbons (Fsp3) is 0.176. The summed E-state index contributed by atoms with van der Waals surface area (Å²) < 4.78 is 49.4. The molecule has 0 amide bonds. The monoisotopic (exact) mass is 320 g/mol.